The van der Waals surface area contributed by atoms with Crippen LogP contribution in [0.15, 0.2) is 35.2 Å². The molecule has 1 aliphatic carbocycles. The molecule has 3 aromatic heterocycles. The minimum Gasteiger partial charge on any atom is -0.463 e. The molecule has 1 unspecified atom stereocenters. The van der Waals surface area contributed by atoms with Gasteiger partial charge in [0.15, 0.2) is 17.1 Å². The fourth-order valence-corrected chi connectivity index (χ4v) is 4.02. The van der Waals surface area contributed by atoms with E-state index in [2.05, 4.69) is 15.3 Å². The number of amides is 2. The Hall–Kier alpha value is -2.91. The van der Waals surface area contributed by atoms with Gasteiger partial charge in [0.25, 0.3) is 11.8 Å². The summed E-state index contributed by atoms with van der Waals surface area (Å²) in [5, 5.41) is 3.07. The van der Waals surface area contributed by atoms with Gasteiger partial charge in [0.1, 0.15) is 17.7 Å². The second-order valence-electron chi connectivity index (χ2n) is 7.37. The number of nitrogens with zero attached hydrogens (tertiary/aromatic N) is 3. The fraction of sp³-hybridized carbons (Fsp3) is 0.400. The zero-order valence-corrected chi connectivity index (χ0v) is 17.2. The summed E-state index contributed by atoms with van der Waals surface area (Å²) in [5.41, 5.74) is 12.3. The number of hydrogen-bond acceptors (Lipinski definition) is 6. The maximum Gasteiger partial charge on any atom is 0.271 e. The lowest BCUT2D eigenvalue weighted by Crippen LogP contribution is -2.46. The maximum atomic E-state index is 13.2. The van der Waals surface area contributed by atoms with Crippen LogP contribution in [0, 0.1) is 5.92 Å². The molecule has 2 amide bonds. The Balaban J connectivity index is 0.00000256. The van der Waals surface area contributed by atoms with Crippen molar-refractivity contribution >= 4 is 29.9 Å². The second-order valence-corrected chi connectivity index (χ2v) is 7.37. The molecule has 3 aromatic rings. The van der Waals surface area contributed by atoms with Gasteiger partial charge in [-0.1, -0.05) is 19.3 Å². The molecular weight excluding hydrogens is 408 g/mol. The molecule has 1 saturated carbocycles. The van der Waals surface area contributed by atoms with Crippen LogP contribution in [0.1, 0.15) is 53.1 Å². The number of rotatable bonds is 6. The second kappa shape index (κ2) is 9.27. The Morgan fingerprint density at radius 3 is 2.70 bits per heavy atom. The number of carbonyl (C=O) groups is 2. The van der Waals surface area contributed by atoms with Crippen molar-refractivity contribution in [2.75, 3.05) is 6.54 Å². The topological polar surface area (TPSA) is 142 Å². The molecular formula is C20H25ClN6O3. The zero-order chi connectivity index (χ0) is 20.4. The van der Waals surface area contributed by atoms with E-state index in [1.165, 1.54) is 23.4 Å². The molecule has 0 saturated heterocycles. The highest BCUT2D eigenvalue weighted by atomic mass is 35.5. The van der Waals surface area contributed by atoms with Gasteiger partial charge in [0.05, 0.1) is 6.26 Å². The van der Waals surface area contributed by atoms with Crippen LogP contribution < -0.4 is 16.8 Å². The Kier molecular flexibility index (Phi) is 6.73. The Morgan fingerprint density at radius 2 is 2.07 bits per heavy atom. The predicted molar refractivity (Wildman–Crippen MR) is 113 cm³/mol. The van der Waals surface area contributed by atoms with E-state index in [4.69, 9.17) is 15.9 Å². The normalized spacial score (nSPS) is 15.5. The third-order valence-corrected chi connectivity index (χ3v) is 5.53. The molecule has 4 rings (SSSR count). The number of hydrogen-bond donors (Lipinski definition) is 3. The van der Waals surface area contributed by atoms with Crippen LogP contribution in [0.25, 0.3) is 17.1 Å². The number of fused-ring (bicyclic) bond motifs is 1. The summed E-state index contributed by atoms with van der Waals surface area (Å²) >= 11 is 0. The van der Waals surface area contributed by atoms with Gasteiger partial charge in [-0.05, 0) is 37.0 Å². The molecule has 0 spiro atoms. The molecule has 30 heavy (non-hydrogen) atoms. The molecule has 0 aliphatic heterocycles. The van der Waals surface area contributed by atoms with E-state index in [9.17, 15) is 9.59 Å². The summed E-state index contributed by atoms with van der Waals surface area (Å²) in [6.07, 6.45) is 8.54. The molecule has 0 aromatic carbocycles. The monoisotopic (exact) mass is 432 g/mol. The fourth-order valence-electron chi connectivity index (χ4n) is 4.02. The number of imidazole rings is 1. The van der Waals surface area contributed by atoms with Crippen molar-refractivity contribution in [3.63, 3.8) is 0 Å². The van der Waals surface area contributed by atoms with Crippen LogP contribution >= 0.6 is 12.4 Å². The van der Waals surface area contributed by atoms with Crippen LogP contribution in [-0.4, -0.2) is 38.8 Å². The molecule has 3 heterocycles. The molecule has 9 nitrogen and oxygen atoms in total. The summed E-state index contributed by atoms with van der Waals surface area (Å²) in [6, 6.07) is 4.95. The summed E-state index contributed by atoms with van der Waals surface area (Å²) in [4.78, 5) is 33.4. The molecule has 0 bridgehead atoms. The van der Waals surface area contributed by atoms with Crippen molar-refractivity contribution in [2.45, 2.75) is 38.1 Å². The molecule has 1 aliphatic rings. The number of halogens is 1. The smallest absolute Gasteiger partial charge is 0.271 e. The largest absolute Gasteiger partial charge is 0.463 e. The maximum absolute atomic E-state index is 13.2. The standard InChI is InChI=1S/C20H24N6O3.ClH/c21-10-14(12-5-2-1-3-6-12)25-20(28)15-9-13(16-7-4-8-29-16)24-19-17(18(22)27)23-11-26(15)19;/h4,7-9,11-12,14H,1-3,5-6,10,21H2,(H2,22,27)(H,25,28);1H. The first kappa shape index (κ1) is 21.8. The first-order chi connectivity index (χ1) is 14.1. The van der Waals surface area contributed by atoms with Gasteiger partial charge < -0.3 is 21.2 Å². The van der Waals surface area contributed by atoms with E-state index in [1.54, 1.807) is 18.2 Å². The quantitative estimate of drug-likeness (QED) is 0.544. The lowest BCUT2D eigenvalue weighted by molar-refractivity contribution is 0.0908. The first-order valence-corrected chi connectivity index (χ1v) is 9.81. The van der Waals surface area contributed by atoms with Crippen molar-refractivity contribution in [1.29, 1.82) is 0 Å². The summed E-state index contributed by atoms with van der Waals surface area (Å²) < 4.78 is 6.89. The average molecular weight is 433 g/mol. The van der Waals surface area contributed by atoms with Crippen LogP contribution in [0.3, 0.4) is 0 Å². The Morgan fingerprint density at radius 1 is 1.30 bits per heavy atom. The van der Waals surface area contributed by atoms with Gasteiger partial charge in [0.2, 0.25) is 0 Å². The minimum atomic E-state index is -0.718. The zero-order valence-electron chi connectivity index (χ0n) is 16.4. The molecule has 0 radical (unpaired) electrons. The number of furan rings is 1. The van der Waals surface area contributed by atoms with Crippen molar-refractivity contribution in [3.8, 4) is 11.5 Å². The summed E-state index contributed by atoms with van der Waals surface area (Å²) in [7, 11) is 0. The van der Waals surface area contributed by atoms with Crippen molar-refractivity contribution < 1.29 is 14.0 Å². The number of carbonyl (C=O) groups excluding carboxylic acids is 2. The highest BCUT2D eigenvalue weighted by molar-refractivity contribution is 5.99. The van der Waals surface area contributed by atoms with Gasteiger partial charge in [-0.2, -0.15) is 0 Å². The molecule has 1 atom stereocenters. The molecule has 1 fully saturated rings. The summed E-state index contributed by atoms with van der Waals surface area (Å²) in [6.45, 7) is 0.367. The van der Waals surface area contributed by atoms with Crippen LogP contribution in [0.2, 0.25) is 0 Å². The highest BCUT2D eigenvalue weighted by Gasteiger charge is 2.26. The van der Waals surface area contributed by atoms with Crippen molar-refractivity contribution in [1.82, 2.24) is 19.7 Å². The van der Waals surface area contributed by atoms with Gasteiger partial charge in [-0.3, -0.25) is 14.0 Å². The third kappa shape index (κ3) is 4.17. The predicted octanol–water partition coefficient (Wildman–Crippen LogP) is 2.15. The van der Waals surface area contributed by atoms with Crippen LogP contribution in [-0.2, 0) is 0 Å². The third-order valence-electron chi connectivity index (χ3n) is 5.53. The summed E-state index contributed by atoms with van der Waals surface area (Å²) in [5.74, 6) is -0.186. The van der Waals surface area contributed by atoms with Crippen molar-refractivity contribution in [3.05, 3.63) is 42.2 Å². The van der Waals surface area contributed by atoms with E-state index in [0.717, 1.165) is 25.7 Å². The first-order valence-electron chi connectivity index (χ1n) is 9.81. The molecule has 160 valence electrons. The van der Waals surface area contributed by atoms with Crippen LogP contribution in [0.5, 0.6) is 0 Å². The van der Waals surface area contributed by atoms with E-state index in [1.807, 2.05) is 0 Å². The number of primary amides is 1. The number of nitrogens with one attached hydrogen (secondary N) is 1. The lowest BCUT2D eigenvalue weighted by atomic mass is 9.84. The van der Waals surface area contributed by atoms with E-state index >= 15 is 0 Å². The van der Waals surface area contributed by atoms with Gasteiger partial charge in [0, 0.05) is 12.6 Å². The van der Waals surface area contributed by atoms with Gasteiger partial charge in [-0.25, -0.2) is 9.97 Å². The molecule has 5 N–H and O–H groups in total. The van der Waals surface area contributed by atoms with Gasteiger partial charge >= 0.3 is 0 Å². The Labute approximate surface area is 179 Å². The van der Waals surface area contributed by atoms with E-state index in [-0.39, 0.29) is 41.4 Å². The minimum absolute atomic E-state index is 0. The van der Waals surface area contributed by atoms with E-state index < -0.39 is 5.91 Å². The van der Waals surface area contributed by atoms with Crippen LogP contribution in [0.4, 0.5) is 0 Å². The number of nitrogens with two attached hydrogens (primary N) is 2. The lowest BCUT2D eigenvalue weighted by Gasteiger charge is -2.30. The Bertz CT molecular complexity index is 1030. The van der Waals surface area contributed by atoms with Crippen molar-refractivity contribution in [2.24, 2.45) is 17.4 Å². The highest BCUT2D eigenvalue weighted by Crippen LogP contribution is 2.27. The SMILES string of the molecule is Cl.NCC(NC(=O)c1cc(-c2ccco2)nc2c(C(N)=O)ncn12)C1CCCCC1. The van der Waals surface area contributed by atoms with E-state index in [0.29, 0.717) is 23.9 Å². The molecule has 10 heteroatoms. The number of aromatic nitrogens is 3. The van der Waals surface area contributed by atoms with Gasteiger partial charge in [-0.15, -0.1) is 12.4 Å². The average Bonchev–Trinajstić information content (AvgIpc) is 3.41.